The van der Waals surface area contributed by atoms with E-state index in [4.69, 9.17) is 27.9 Å². The lowest BCUT2D eigenvalue weighted by Crippen LogP contribution is -2.26. The van der Waals surface area contributed by atoms with Crippen LogP contribution < -0.4 is 14.8 Å². The maximum absolute atomic E-state index is 12.4. The van der Waals surface area contributed by atoms with E-state index < -0.39 is 10.0 Å². The molecule has 7 nitrogen and oxygen atoms in total. The Balaban J connectivity index is 1.97. The number of fused-ring (bicyclic) bond motifs is 1. The average Bonchev–Trinajstić information content (AvgIpc) is 2.49. The molecule has 0 bridgehead atoms. The number of sulfonamides is 1. The van der Waals surface area contributed by atoms with Gasteiger partial charge in [0.15, 0.2) is 12.4 Å². The van der Waals surface area contributed by atoms with E-state index in [-0.39, 0.29) is 39.0 Å². The number of carbonyl (C=O) groups is 1. The molecule has 0 radical (unpaired) electrons. The van der Waals surface area contributed by atoms with Crippen molar-refractivity contribution in [3.63, 3.8) is 0 Å². The number of anilines is 2. The molecule has 0 fully saturated rings. The van der Waals surface area contributed by atoms with Crippen molar-refractivity contribution in [3.05, 3.63) is 40.6 Å². The number of benzene rings is 1. The molecule has 0 saturated heterocycles. The third-order valence-electron chi connectivity index (χ3n) is 2.96. The Bertz CT molecular complexity index is 902. The predicted octanol–water partition coefficient (Wildman–Crippen LogP) is 2.52. The van der Waals surface area contributed by atoms with Crippen molar-refractivity contribution in [1.29, 1.82) is 0 Å². The molecular weight excluding hydrogens is 365 g/mol. The fraction of sp³-hybridized carbons (Fsp3) is 0.0769. The highest BCUT2D eigenvalue weighted by Gasteiger charge is 2.23. The second-order valence-electron chi connectivity index (χ2n) is 4.57. The molecule has 1 aliphatic rings. The zero-order valence-corrected chi connectivity index (χ0v) is 13.7. The van der Waals surface area contributed by atoms with Crippen molar-refractivity contribution in [2.75, 3.05) is 16.6 Å². The largest absolute Gasteiger partial charge is 0.479 e. The highest BCUT2D eigenvalue weighted by molar-refractivity contribution is 7.92. The summed E-state index contributed by atoms with van der Waals surface area (Å²) in [5.41, 5.74) is 0.572. The summed E-state index contributed by atoms with van der Waals surface area (Å²) in [5, 5.41) is 2.62. The van der Waals surface area contributed by atoms with Gasteiger partial charge in [-0.2, -0.15) is 0 Å². The lowest BCUT2D eigenvalue weighted by Gasteiger charge is -2.21. The zero-order chi connectivity index (χ0) is 16.6. The molecule has 0 unspecified atom stereocenters. The van der Waals surface area contributed by atoms with Gasteiger partial charge in [-0.05, 0) is 18.2 Å². The molecule has 0 aliphatic carbocycles. The number of hydrogen-bond acceptors (Lipinski definition) is 5. The smallest absolute Gasteiger partial charge is 0.263 e. The molecule has 2 N–H and O–H groups in total. The molecule has 1 amide bonds. The number of pyridine rings is 1. The minimum absolute atomic E-state index is 0.00810. The van der Waals surface area contributed by atoms with Crippen LogP contribution in [-0.4, -0.2) is 25.9 Å². The fourth-order valence-corrected chi connectivity index (χ4v) is 3.32. The number of carbonyl (C=O) groups excluding carboxylic acids is 1. The molecule has 10 heteroatoms. The van der Waals surface area contributed by atoms with Gasteiger partial charge in [-0.3, -0.25) is 9.52 Å². The van der Waals surface area contributed by atoms with Crippen LogP contribution in [0.25, 0.3) is 0 Å². The van der Waals surface area contributed by atoms with Crippen LogP contribution in [0.1, 0.15) is 0 Å². The van der Waals surface area contributed by atoms with Gasteiger partial charge < -0.3 is 10.1 Å². The second kappa shape index (κ2) is 5.88. The van der Waals surface area contributed by atoms with Crippen molar-refractivity contribution in [1.82, 2.24) is 4.98 Å². The van der Waals surface area contributed by atoms with Crippen molar-refractivity contribution < 1.29 is 17.9 Å². The molecule has 120 valence electrons. The summed E-state index contributed by atoms with van der Waals surface area (Å²) >= 11 is 11.5. The van der Waals surface area contributed by atoms with Crippen molar-refractivity contribution >= 4 is 50.5 Å². The second-order valence-corrected chi connectivity index (χ2v) is 7.02. The molecule has 3 rings (SSSR count). The van der Waals surface area contributed by atoms with E-state index in [9.17, 15) is 13.2 Å². The summed E-state index contributed by atoms with van der Waals surface area (Å²) in [4.78, 5) is 14.9. The monoisotopic (exact) mass is 373 g/mol. The minimum atomic E-state index is -3.95. The van der Waals surface area contributed by atoms with E-state index in [1.807, 2.05) is 0 Å². The fourth-order valence-electron chi connectivity index (χ4n) is 1.95. The van der Waals surface area contributed by atoms with Gasteiger partial charge in [-0.1, -0.05) is 29.3 Å². The molecule has 1 aromatic heterocycles. The topological polar surface area (TPSA) is 97.4 Å². The third kappa shape index (κ3) is 3.19. The van der Waals surface area contributed by atoms with E-state index in [2.05, 4.69) is 15.0 Å². The van der Waals surface area contributed by atoms with Gasteiger partial charge >= 0.3 is 0 Å². The van der Waals surface area contributed by atoms with Crippen LogP contribution in [0.2, 0.25) is 10.2 Å². The lowest BCUT2D eigenvalue weighted by molar-refractivity contribution is -0.118. The zero-order valence-electron chi connectivity index (χ0n) is 11.3. The Hall–Kier alpha value is -2.03. The summed E-state index contributed by atoms with van der Waals surface area (Å²) in [6, 6.07) is 5.89. The van der Waals surface area contributed by atoms with Crippen LogP contribution in [0.4, 0.5) is 11.4 Å². The summed E-state index contributed by atoms with van der Waals surface area (Å²) in [6.07, 6.45) is 1.09. The van der Waals surface area contributed by atoms with Gasteiger partial charge in [0.2, 0.25) is 0 Å². The Morgan fingerprint density at radius 2 is 2.09 bits per heavy atom. The van der Waals surface area contributed by atoms with Gasteiger partial charge in [0, 0.05) is 6.20 Å². The minimum Gasteiger partial charge on any atom is -0.479 e. The van der Waals surface area contributed by atoms with Crippen LogP contribution >= 0.6 is 23.2 Å². The van der Waals surface area contributed by atoms with E-state index in [0.29, 0.717) is 5.69 Å². The van der Waals surface area contributed by atoms with Crippen LogP contribution in [0, 0.1) is 0 Å². The molecule has 0 spiro atoms. The number of amides is 1. The average molecular weight is 374 g/mol. The van der Waals surface area contributed by atoms with Gasteiger partial charge in [0.05, 0.1) is 16.4 Å². The van der Waals surface area contributed by atoms with Crippen LogP contribution in [0.15, 0.2) is 35.4 Å². The van der Waals surface area contributed by atoms with Crippen molar-refractivity contribution in [2.24, 2.45) is 0 Å². The first-order chi connectivity index (χ1) is 10.9. The third-order valence-corrected chi connectivity index (χ3v) is 4.98. The summed E-state index contributed by atoms with van der Waals surface area (Å²) in [7, 11) is -3.95. The van der Waals surface area contributed by atoms with Crippen LogP contribution in [-0.2, 0) is 14.8 Å². The van der Waals surface area contributed by atoms with E-state index in [1.54, 1.807) is 12.1 Å². The summed E-state index contributed by atoms with van der Waals surface area (Å²) in [5.74, 6) is -0.0742. The van der Waals surface area contributed by atoms with Crippen molar-refractivity contribution in [2.45, 2.75) is 4.90 Å². The first kappa shape index (κ1) is 15.9. The highest BCUT2D eigenvalue weighted by Crippen LogP contribution is 2.36. The van der Waals surface area contributed by atoms with Gasteiger partial charge in [0.1, 0.15) is 10.0 Å². The summed E-state index contributed by atoms with van der Waals surface area (Å²) in [6.45, 7) is -0.194. The standard InChI is InChI=1S/C13H9Cl2N3O4S/c14-8-4-7(5-16-13(8)15)23(20,21)18-10-3-1-2-9-12(10)22-6-11(19)17-9/h1-5,18H,6H2,(H,17,19). The molecular formula is C13H9Cl2N3O4S. The maximum atomic E-state index is 12.4. The first-order valence-electron chi connectivity index (χ1n) is 6.26. The van der Waals surface area contributed by atoms with Gasteiger partial charge in [-0.15, -0.1) is 0 Å². The number of aromatic nitrogens is 1. The van der Waals surface area contributed by atoms with Crippen LogP contribution in [0.3, 0.4) is 0 Å². The number of nitrogens with one attached hydrogen (secondary N) is 2. The van der Waals surface area contributed by atoms with Crippen molar-refractivity contribution in [3.8, 4) is 5.75 Å². The van der Waals surface area contributed by atoms with Gasteiger partial charge in [0.25, 0.3) is 15.9 Å². The van der Waals surface area contributed by atoms with Crippen LogP contribution in [0.5, 0.6) is 5.75 Å². The van der Waals surface area contributed by atoms with Gasteiger partial charge in [-0.25, -0.2) is 13.4 Å². The molecule has 2 heterocycles. The number of rotatable bonds is 3. The number of hydrogen-bond donors (Lipinski definition) is 2. The number of para-hydroxylation sites is 1. The Morgan fingerprint density at radius 1 is 1.30 bits per heavy atom. The molecule has 23 heavy (non-hydrogen) atoms. The Morgan fingerprint density at radius 3 is 2.83 bits per heavy atom. The van der Waals surface area contributed by atoms with E-state index in [0.717, 1.165) is 6.20 Å². The Labute approximate surface area is 141 Å². The predicted molar refractivity (Wildman–Crippen MR) is 85.6 cm³/mol. The maximum Gasteiger partial charge on any atom is 0.263 e. The first-order valence-corrected chi connectivity index (χ1v) is 8.50. The quantitative estimate of drug-likeness (QED) is 0.805. The Kier molecular flexibility index (Phi) is 4.05. The molecule has 0 saturated carbocycles. The highest BCUT2D eigenvalue weighted by atomic mass is 35.5. The van der Waals surface area contributed by atoms with E-state index in [1.165, 1.54) is 12.1 Å². The molecule has 1 aliphatic heterocycles. The lowest BCUT2D eigenvalue weighted by atomic mass is 10.2. The number of nitrogens with zero attached hydrogens (tertiary/aromatic N) is 1. The SMILES string of the molecule is O=C1COc2c(cccc2NS(=O)(=O)c2cnc(Cl)c(Cl)c2)N1. The number of halogens is 2. The number of ether oxygens (including phenoxy) is 1. The molecule has 1 aromatic carbocycles. The van der Waals surface area contributed by atoms with E-state index >= 15 is 0 Å². The normalized spacial score (nSPS) is 13.7. The molecule has 2 aromatic rings. The molecule has 0 atom stereocenters. The summed E-state index contributed by atoms with van der Waals surface area (Å²) < 4.78 is 32.5.